The minimum Gasteiger partial charge on any atom is -0.329 e. The Balaban J connectivity index is 2.21. The third-order valence-corrected chi connectivity index (χ3v) is 4.65. The highest BCUT2D eigenvalue weighted by atomic mass is 35.5. The SMILES string of the molecule is CCN(C1CCCCC1)C(CN)c1ccc(F)c(Cl)c1. The lowest BCUT2D eigenvalue weighted by Gasteiger charge is -2.39. The third-order valence-electron chi connectivity index (χ3n) is 4.36. The number of rotatable bonds is 5. The topological polar surface area (TPSA) is 29.3 Å². The first-order valence-electron chi connectivity index (χ1n) is 7.58. The second kappa shape index (κ2) is 7.39. The van der Waals surface area contributed by atoms with E-state index in [2.05, 4.69) is 11.8 Å². The van der Waals surface area contributed by atoms with Crippen molar-refractivity contribution in [2.24, 2.45) is 5.73 Å². The maximum atomic E-state index is 13.3. The van der Waals surface area contributed by atoms with Crippen LogP contribution in [0.4, 0.5) is 4.39 Å². The molecule has 0 radical (unpaired) electrons. The molecule has 0 bridgehead atoms. The first kappa shape index (κ1) is 15.7. The van der Waals surface area contributed by atoms with E-state index >= 15 is 0 Å². The third kappa shape index (κ3) is 3.51. The summed E-state index contributed by atoms with van der Waals surface area (Å²) < 4.78 is 13.3. The molecule has 1 atom stereocenters. The number of likely N-dealkylation sites (N-methyl/N-ethyl adjacent to an activating group) is 1. The number of benzene rings is 1. The van der Waals surface area contributed by atoms with Gasteiger partial charge in [-0.15, -0.1) is 0 Å². The van der Waals surface area contributed by atoms with E-state index in [0.29, 0.717) is 12.6 Å². The van der Waals surface area contributed by atoms with Gasteiger partial charge in [0.2, 0.25) is 0 Å². The molecule has 1 fully saturated rings. The summed E-state index contributed by atoms with van der Waals surface area (Å²) in [6.07, 6.45) is 6.40. The molecule has 0 heterocycles. The van der Waals surface area contributed by atoms with Crippen molar-refractivity contribution < 1.29 is 4.39 Å². The predicted molar refractivity (Wildman–Crippen MR) is 82.5 cm³/mol. The van der Waals surface area contributed by atoms with E-state index in [-0.39, 0.29) is 16.9 Å². The van der Waals surface area contributed by atoms with Gasteiger partial charge >= 0.3 is 0 Å². The minimum absolute atomic E-state index is 0.126. The van der Waals surface area contributed by atoms with Gasteiger partial charge in [-0.1, -0.05) is 43.9 Å². The Labute approximate surface area is 126 Å². The number of hydrogen-bond donors (Lipinski definition) is 1. The predicted octanol–water partition coefficient (Wildman–Crippen LogP) is 4.13. The molecule has 0 aromatic heterocycles. The van der Waals surface area contributed by atoms with Crippen LogP contribution in [-0.4, -0.2) is 24.0 Å². The monoisotopic (exact) mass is 298 g/mol. The quantitative estimate of drug-likeness (QED) is 0.885. The fourth-order valence-corrected chi connectivity index (χ4v) is 3.52. The normalized spacial score (nSPS) is 18.4. The van der Waals surface area contributed by atoms with E-state index in [4.69, 9.17) is 17.3 Å². The summed E-state index contributed by atoms with van der Waals surface area (Å²) in [4.78, 5) is 2.46. The summed E-state index contributed by atoms with van der Waals surface area (Å²) in [6.45, 7) is 3.66. The van der Waals surface area contributed by atoms with Crippen molar-refractivity contribution >= 4 is 11.6 Å². The van der Waals surface area contributed by atoms with Gasteiger partial charge in [-0.25, -0.2) is 4.39 Å². The van der Waals surface area contributed by atoms with Crippen LogP contribution in [-0.2, 0) is 0 Å². The fraction of sp³-hybridized carbons (Fsp3) is 0.625. The van der Waals surface area contributed by atoms with Crippen LogP contribution in [0.3, 0.4) is 0 Å². The maximum absolute atomic E-state index is 13.3. The Morgan fingerprint density at radius 3 is 2.60 bits per heavy atom. The second-order valence-corrected chi connectivity index (χ2v) is 5.95. The number of nitrogens with zero attached hydrogens (tertiary/aromatic N) is 1. The molecule has 1 aromatic carbocycles. The largest absolute Gasteiger partial charge is 0.329 e. The highest BCUT2D eigenvalue weighted by molar-refractivity contribution is 6.30. The van der Waals surface area contributed by atoms with E-state index < -0.39 is 0 Å². The molecule has 1 saturated carbocycles. The van der Waals surface area contributed by atoms with Gasteiger partial charge < -0.3 is 5.73 Å². The molecule has 4 heteroatoms. The molecule has 2 N–H and O–H groups in total. The Hall–Kier alpha value is -0.640. The lowest BCUT2D eigenvalue weighted by atomic mass is 9.92. The van der Waals surface area contributed by atoms with E-state index in [9.17, 15) is 4.39 Å². The molecule has 0 aliphatic heterocycles. The van der Waals surface area contributed by atoms with Gasteiger partial charge in [-0.2, -0.15) is 0 Å². The molecular weight excluding hydrogens is 275 g/mol. The van der Waals surface area contributed by atoms with Crippen LogP contribution in [0.1, 0.15) is 50.6 Å². The second-order valence-electron chi connectivity index (χ2n) is 5.55. The molecule has 0 saturated heterocycles. The zero-order valence-corrected chi connectivity index (χ0v) is 12.9. The average Bonchev–Trinajstić information content (AvgIpc) is 2.48. The van der Waals surface area contributed by atoms with E-state index in [1.54, 1.807) is 6.07 Å². The highest BCUT2D eigenvalue weighted by Gasteiger charge is 2.27. The zero-order valence-electron chi connectivity index (χ0n) is 12.1. The van der Waals surface area contributed by atoms with Crippen molar-refractivity contribution in [2.45, 2.75) is 51.1 Å². The molecule has 1 aromatic rings. The summed E-state index contributed by atoms with van der Waals surface area (Å²) in [5.74, 6) is -0.369. The van der Waals surface area contributed by atoms with Gasteiger partial charge in [-0.05, 0) is 37.1 Å². The number of hydrogen-bond acceptors (Lipinski definition) is 2. The van der Waals surface area contributed by atoms with E-state index in [0.717, 1.165) is 12.1 Å². The van der Waals surface area contributed by atoms with Crippen LogP contribution < -0.4 is 5.73 Å². The molecule has 1 aliphatic carbocycles. The lowest BCUT2D eigenvalue weighted by molar-refractivity contribution is 0.114. The summed E-state index contributed by atoms with van der Waals surface area (Å²) in [5.41, 5.74) is 7.02. The van der Waals surface area contributed by atoms with Crippen molar-refractivity contribution in [1.29, 1.82) is 0 Å². The van der Waals surface area contributed by atoms with Crippen LogP contribution in [0.15, 0.2) is 18.2 Å². The number of nitrogens with two attached hydrogens (primary N) is 1. The lowest BCUT2D eigenvalue weighted by Crippen LogP contribution is -2.42. The van der Waals surface area contributed by atoms with Gasteiger partial charge in [0.05, 0.1) is 5.02 Å². The molecule has 0 amide bonds. The van der Waals surface area contributed by atoms with Crippen molar-refractivity contribution in [2.75, 3.05) is 13.1 Å². The van der Waals surface area contributed by atoms with Crippen LogP contribution >= 0.6 is 11.6 Å². The molecule has 1 unspecified atom stereocenters. The average molecular weight is 299 g/mol. The van der Waals surface area contributed by atoms with Crippen molar-refractivity contribution in [3.05, 3.63) is 34.6 Å². The van der Waals surface area contributed by atoms with Gasteiger partial charge in [0.15, 0.2) is 0 Å². The zero-order chi connectivity index (χ0) is 14.5. The minimum atomic E-state index is -0.369. The highest BCUT2D eigenvalue weighted by Crippen LogP contribution is 2.31. The molecule has 0 spiro atoms. The maximum Gasteiger partial charge on any atom is 0.141 e. The Bertz CT molecular complexity index is 432. The molecular formula is C16H24ClFN2. The molecule has 2 nitrogen and oxygen atoms in total. The van der Waals surface area contributed by atoms with Crippen LogP contribution in [0.2, 0.25) is 5.02 Å². The first-order chi connectivity index (χ1) is 9.67. The van der Waals surface area contributed by atoms with Gasteiger partial charge in [-0.3, -0.25) is 4.90 Å². The van der Waals surface area contributed by atoms with Crippen LogP contribution in [0.5, 0.6) is 0 Å². The Morgan fingerprint density at radius 2 is 2.05 bits per heavy atom. The van der Waals surface area contributed by atoms with Crippen molar-refractivity contribution in [3.63, 3.8) is 0 Å². The summed E-state index contributed by atoms with van der Waals surface area (Å²) >= 11 is 5.91. The van der Waals surface area contributed by atoms with Gasteiger partial charge in [0.25, 0.3) is 0 Å². The van der Waals surface area contributed by atoms with E-state index in [1.807, 2.05) is 6.07 Å². The summed E-state index contributed by atoms with van der Waals surface area (Å²) in [5, 5.41) is 0.181. The first-order valence-corrected chi connectivity index (χ1v) is 7.96. The summed E-state index contributed by atoms with van der Waals surface area (Å²) in [7, 11) is 0. The Morgan fingerprint density at radius 1 is 1.35 bits per heavy atom. The molecule has 1 aliphatic rings. The van der Waals surface area contributed by atoms with Crippen molar-refractivity contribution in [3.8, 4) is 0 Å². The fourth-order valence-electron chi connectivity index (χ4n) is 3.33. The van der Waals surface area contributed by atoms with Gasteiger partial charge in [0.1, 0.15) is 5.82 Å². The van der Waals surface area contributed by atoms with Crippen LogP contribution in [0, 0.1) is 5.82 Å². The van der Waals surface area contributed by atoms with Crippen LogP contribution in [0.25, 0.3) is 0 Å². The summed E-state index contributed by atoms with van der Waals surface area (Å²) in [6, 6.07) is 5.69. The number of halogens is 2. The smallest absolute Gasteiger partial charge is 0.141 e. The Kier molecular flexibility index (Phi) is 5.82. The molecule has 2 rings (SSSR count). The molecule has 112 valence electrons. The van der Waals surface area contributed by atoms with Crippen molar-refractivity contribution in [1.82, 2.24) is 4.90 Å². The molecule has 20 heavy (non-hydrogen) atoms. The van der Waals surface area contributed by atoms with E-state index in [1.165, 1.54) is 38.2 Å². The standard InChI is InChI=1S/C16H24ClFN2/c1-2-20(13-6-4-3-5-7-13)16(11-19)12-8-9-15(18)14(17)10-12/h8-10,13,16H,2-7,11,19H2,1H3. The van der Waals surface area contributed by atoms with Gasteiger partial charge in [0, 0.05) is 18.6 Å².